The van der Waals surface area contributed by atoms with Crippen LogP contribution >= 0.6 is 11.6 Å². The van der Waals surface area contributed by atoms with E-state index in [1.807, 2.05) is 24.4 Å². The number of piperidine rings is 1. The van der Waals surface area contributed by atoms with Crippen molar-refractivity contribution in [2.75, 3.05) is 13.1 Å². The van der Waals surface area contributed by atoms with Crippen LogP contribution in [0.1, 0.15) is 34.7 Å². The number of rotatable bonds is 2. The minimum absolute atomic E-state index is 0.182. The number of aromatic amines is 1. The van der Waals surface area contributed by atoms with Gasteiger partial charge in [0.1, 0.15) is 0 Å². The van der Waals surface area contributed by atoms with E-state index in [0.29, 0.717) is 24.0 Å². The zero-order valence-corrected chi connectivity index (χ0v) is 14.7. The van der Waals surface area contributed by atoms with Gasteiger partial charge in [0.05, 0.1) is 0 Å². The molecule has 1 saturated heterocycles. The number of hydrogen-bond acceptors (Lipinski definition) is 1. The van der Waals surface area contributed by atoms with E-state index in [-0.39, 0.29) is 11.5 Å². The molecule has 6 heteroatoms. The van der Waals surface area contributed by atoms with E-state index in [0.717, 1.165) is 35.9 Å². The highest BCUT2D eigenvalue weighted by atomic mass is 35.5. The van der Waals surface area contributed by atoms with Crippen molar-refractivity contribution in [3.05, 3.63) is 70.4 Å². The summed E-state index contributed by atoms with van der Waals surface area (Å²) in [5, 5.41) is 1.81. The summed E-state index contributed by atoms with van der Waals surface area (Å²) in [5.41, 5.74) is 2.44. The normalized spacial score (nSPS) is 15.6. The Hall–Kier alpha value is -2.40. The van der Waals surface area contributed by atoms with Gasteiger partial charge >= 0.3 is 0 Å². The Morgan fingerprint density at radius 1 is 1.08 bits per heavy atom. The van der Waals surface area contributed by atoms with Gasteiger partial charge in [-0.1, -0.05) is 11.6 Å². The SMILES string of the molecule is O=C(c1ccc(F)c(F)c1)N1CCC(c2c[nH]c3ccc(Cl)cc23)CC1. The zero-order chi connectivity index (χ0) is 18.3. The third-order valence-electron chi connectivity index (χ3n) is 5.06. The minimum atomic E-state index is -0.999. The van der Waals surface area contributed by atoms with Crippen LogP contribution in [0, 0.1) is 11.6 Å². The molecular formula is C20H17ClF2N2O. The average Bonchev–Trinajstić information content (AvgIpc) is 3.06. The number of fused-ring (bicyclic) bond motifs is 1. The standard InChI is InChI=1S/C20H17ClF2N2O/c21-14-2-4-19-15(10-14)16(11-24-19)12-5-7-25(8-6-12)20(26)13-1-3-17(22)18(23)9-13/h1-4,9-12,24H,5-8H2. The van der Waals surface area contributed by atoms with E-state index in [1.54, 1.807) is 4.90 Å². The predicted molar refractivity (Wildman–Crippen MR) is 97.5 cm³/mol. The number of amides is 1. The molecule has 1 fully saturated rings. The van der Waals surface area contributed by atoms with Gasteiger partial charge in [0.25, 0.3) is 5.91 Å². The molecule has 4 rings (SSSR count). The van der Waals surface area contributed by atoms with Crippen LogP contribution < -0.4 is 0 Å². The maximum Gasteiger partial charge on any atom is 0.253 e. The topological polar surface area (TPSA) is 36.1 Å². The second-order valence-electron chi connectivity index (χ2n) is 6.63. The van der Waals surface area contributed by atoms with Gasteiger partial charge in [-0.15, -0.1) is 0 Å². The summed E-state index contributed by atoms with van der Waals surface area (Å²) in [6.45, 7) is 1.16. The van der Waals surface area contributed by atoms with Crippen molar-refractivity contribution in [3.8, 4) is 0 Å². The molecule has 0 atom stereocenters. The lowest BCUT2D eigenvalue weighted by Crippen LogP contribution is -2.38. The van der Waals surface area contributed by atoms with Crippen molar-refractivity contribution in [2.24, 2.45) is 0 Å². The Labute approximate surface area is 154 Å². The van der Waals surface area contributed by atoms with Gasteiger partial charge in [0.15, 0.2) is 11.6 Å². The maximum absolute atomic E-state index is 13.4. The largest absolute Gasteiger partial charge is 0.361 e. The van der Waals surface area contributed by atoms with Crippen LogP contribution in [0.3, 0.4) is 0 Å². The summed E-state index contributed by atoms with van der Waals surface area (Å²) >= 11 is 6.12. The third kappa shape index (κ3) is 3.07. The van der Waals surface area contributed by atoms with Gasteiger partial charge in [0, 0.05) is 40.8 Å². The van der Waals surface area contributed by atoms with E-state index in [9.17, 15) is 13.6 Å². The summed E-state index contributed by atoms with van der Waals surface area (Å²) in [5.74, 6) is -1.87. The van der Waals surface area contributed by atoms with E-state index >= 15 is 0 Å². The average molecular weight is 375 g/mol. The molecule has 0 unspecified atom stereocenters. The fourth-order valence-electron chi connectivity index (χ4n) is 3.66. The molecule has 0 aliphatic carbocycles. The number of aromatic nitrogens is 1. The first-order chi connectivity index (χ1) is 12.5. The van der Waals surface area contributed by atoms with Crippen molar-refractivity contribution in [1.82, 2.24) is 9.88 Å². The molecule has 2 aromatic carbocycles. The van der Waals surface area contributed by atoms with Gasteiger partial charge in [0.2, 0.25) is 0 Å². The lowest BCUT2D eigenvalue weighted by atomic mass is 9.89. The first kappa shape index (κ1) is 17.0. The molecule has 1 aromatic heterocycles. The molecule has 134 valence electrons. The molecular weight excluding hydrogens is 358 g/mol. The van der Waals surface area contributed by atoms with Gasteiger partial charge in [-0.3, -0.25) is 4.79 Å². The van der Waals surface area contributed by atoms with Crippen LogP contribution in [0.5, 0.6) is 0 Å². The van der Waals surface area contributed by atoms with Crippen molar-refractivity contribution in [3.63, 3.8) is 0 Å². The van der Waals surface area contributed by atoms with Gasteiger partial charge in [-0.2, -0.15) is 0 Å². The highest BCUT2D eigenvalue weighted by Gasteiger charge is 2.26. The van der Waals surface area contributed by atoms with Gasteiger partial charge < -0.3 is 9.88 Å². The first-order valence-corrected chi connectivity index (χ1v) is 8.91. The molecule has 2 heterocycles. The molecule has 1 N–H and O–H groups in total. The highest BCUT2D eigenvalue weighted by molar-refractivity contribution is 6.31. The Balaban J connectivity index is 1.49. The Bertz CT molecular complexity index is 977. The fraction of sp³-hybridized carbons (Fsp3) is 0.250. The van der Waals surface area contributed by atoms with E-state index in [1.165, 1.54) is 11.6 Å². The third-order valence-corrected chi connectivity index (χ3v) is 5.30. The molecule has 1 amide bonds. The monoisotopic (exact) mass is 374 g/mol. The molecule has 3 nitrogen and oxygen atoms in total. The number of benzene rings is 2. The van der Waals surface area contributed by atoms with E-state index in [2.05, 4.69) is 4.98 Å². The van der Waals surface area contributed by atoms with Crippen molar-refractivity contribution < 1.29 is 13.6 Å². The second-order valence-corrected chi connectivity index (χ2v) is 7.07. The molecule has 0 spiro atoms. The summed E-state index contributed by atoms with van der Waals surface area (Å²) in [7, 11) is 0. The smallest absolute Gasteiger partial charge is 0.253 e. The number of hydrogen-bond donors (Lipinski definition) is 1. The summed E-state index contributed by atoms with van der Waals surface area (Å²) < 4.78 is 26.4. The second kappa shape index (κ2) is 6.72. The van der Waals surface area contributed by atoms with Crippen molar-refractivity contribution >= 4 is 28.4 Å². The summed E-state index contributed by atoms with van der Waals surface area (Å²) in [6, 6.07) is 9.06. The Morgan fingerprint density at radius 2 is 1.85 bits per heavy atom. The van der Waals surface area contributed by atoms with Crippen molar-refractivity contribution in [1.29, 1.82) is 0 Å². The van der Waals surface area contributed by atoms with Crippen molar-refractivity contribution in [2.45, 2.75) is 18.8 Å². The Morgan fingerprint density at radius 3 is 2.58 bits per heavy atom. The van der Waals surface area contributed by atoms with Crippen LogP contribution in [-0.4, -0.2) is 28.9 Å². The van der Waals surface area contributed by atoms with E-state index < -0.39 is 11.6 Å². The highest BCUT2D eigenvalue weighted by Crippen LogP contribution is 2.34. The lowest BCUT2D eigenvalue weighted by Gasteiger charge is -2.32. The number of nitrogens with one attached hydrogen (secondary N) is 1. The number of H-pyrrole nitrogens is 1. The number of nitrogens with zero attached hydrogens (tertiary/aromatic N) is 1. The lowest BCUT2D eigenvalue weighted by molar-refractivity contribution is 0.0712. The molecule has 1 aliphatic rings. The van der Waals surface area contributed by atoms with Gasteiger partial charge in [-0.25, -0.2) is 8.78 Å². The fourth-order valence-corrected chi connectivity index (χ4v) is 3.83. The molecule has 1 aliphatic heterocycles. The number of likely N-dealkylation sites (tertiary alicyclic amines) is 1. The maximum atomic E-state index is 13.4. The van der Waals surface area contributed by atoms with E-state index in [4.69, 9.17) is 11.6 Å². The number of carbonyl (C=O) groups excluding carboxylic acids is 1. The number of carbonyl (C=O) groups is 1. The van der Waals surface area contributed by atoms with Crippen LogP contribution in [0.15, 0.2) is 42.6 Å². The van der Waals surface area contributed by atoms with Crippen LogP contribution in [0.25, 0.3) is 10.9 Å². The predicted octanol–water partition coefficient (Wildman–Crippen LogP) is 5.12. The molecule has 3 aromatic rings. The molecule has 0 saturated carbocycles. The molecule has 0 radical (unpaired) electrons. The summed E-state index contributed by atoms with van der Waals surface area (Å²) in [6.07, 6.45) is 3.64. The quantitative estimate of drug-likeness (QED) is 0.664. The van der Waals surface area contributed by atoms with Crippen LogP contribution in [0.2, 0.25) is 5.02 Å². The van der Waals surface area contributed by atoms with Crippen LogP contribution in [0.4, 0.5) is 8.78 Å². The Kier molecular flexibility index (Phi) is 4.41. The molecule has 0 bridgehead atoms. The zero-order valence-electron chi connectivity index (χ0n) is 13.9. The number of halogens is 3. The summed E-state index contributed by atoms with van der Waals surface area (Å²) in [4.78, 5) is 17.5. The molecule has 26 heavy (non-hydrogen) atoms. The van der Waals surface area contributed by atoms with Gasteiger partial charge in [-0.05, 0) is 60.7 Å². The van der Waals surface area contributed by atoms with Crippen LogP contribution in [-0.2, 0) is 0 Å². The minimum Gasteiger partial charge on any atom is -0.361 e. The first-order valence-electron chi connectivity index (χ1n) is 8.54.